The maximum absolute atomic E-state index is 13.3. The zero-order chi connectivity index (χ0) is 15.6. The fourth-order valence-corrected chi connectivity index (χ4v) is 3.40. The first kappa shape index (κ1) is 15.3. The van der Waals surface area contributed by atoms with Crippen LogP contribution in [0.25, 0.3) is 0 Å². The second-order valence-corrected chi connectivity index (χ2v) is 6.55. The summed E-state index contributed by atoms with van der Waals surface area (Å²) in [5.41, 5.74) is 0.606. The van der Waals surface area contributed by atoms with Crippen LogP contribution in [0.5, 0.6) is 0 Å². The molecule has 0 saturated heterocycles. The van der Waals surface area contributed by atoms with Gasteiger partial charge in [0.15, 0.2) is 0 Å². The second kappa shape index (κ2) is 5.72. The van der Waals surface area contributed by atoms with Crippen LogP contribution in [0.15, 0.2) is 47.4 Å². The Labute approximate surface area is 127 Å². The van der Waals surface area contributed by atoms with Crippen LogP contribution in [0.2, 0.25) is 5.02 Å². The third-order valence-corrected chi connectivity index (χ3v) is 5.14. The van der Waals surface area contributed by atoms with Gasteiger partial charge in [-0.2, -0.15) is 5.26 Å². The Morgan fingerprint density at radius 3 is 2.62 bits per heavy atom. The molecule has 0 heterocycles. The first-order valence-corrected chi connectivity index (χ1v) is 7.62. The summed E-state index contributed by atoms with van der Waals surface area (Å²) >= 11 is 5.85. The summed E-state index contributed by atoms with van der Waals surface area (Å²) in [6.07, 6.45) is 0. The lowest BCUT2D eigenvalue weighted by Crippen LogP contribution is -2.27. The van der Waals surface area contributed by atoms with Crippen LogP contribution in [-0.4, -0.2) is 15.5 Å². The van der Waals surface area contributed by atoms with E-state index in [-0.39, 0.29) is 15.6 Å². The number of hydrogen-bond acceptors (Lipinski definition) is 3. The average Bonchev–Trinajstić information content (AvgIpc) is 2.48. The van der Waals surface area contributed by atoms with Gasteiger partial charge in [-0.25, -0.2) is 12.8 Å². The summed E-state index contributed by atoms with van der Waals surface area (Å²) in [6, 6.07) is 11.1. The summed E-state index contributed by atoms with van der Waals surface area (Å²) < 4.78 is 39.2. The molecule has 0 aliphatic carbocycles. The van der Waals surface area contributed by atoms with Crippen molar-refractivity contribution < 1.29 is 12.8 Å². The van der Waals surface area contributed by atoms with Crippen LogP contribution in [0.4, 0.5) is 10.1 Å². The molecule has 0 unspecified atom stereocenters. The molecule has 2 aromatic rings. The van der Waals surface area contributed by atoms with Crippen LogP contribution in [-0.2, 0) is 10.0 Å². The van der Waals surface area contributed by atoms with E-state index in [2.05, 4.69) is 0 Å². The molecule has 4 nitrogen and oxygen atoms in total. The predicted molar refractivity (Wildman–Crippen MR) is 78.2 cm³/mol. The topological polar surface area (TPSA) is 61.2 Å². The van der Waals surface area contributed by atoms with E-state index in [1.807, 2.05) is 6.07 Å². The molecule has 0 atom stereocenters. The van der Waals surface area contributed by atoms with E-state index in [0.29, 0.717) is 5.56 Å². The molecule has 0 saturated carbocycles. The zero-order valence-electron chi connectivity index (χ0n) is 10.9. The zero-order valence-corrected chi connectivity index (χ0v) is 12.5. The molecule has 108 valence electrons. The number of halogens is 2. The largest absolute Gasteiger partial charge is 0.269 e. The Morgan fingerprint density at radius 2 is 1.95 bits per heavy atom. The number of nitrogens with zero attached hydrogens (tertiary/aromatic N) is 2. The minimum Gasteiger partial charge on any atom is -0.269 e. The Kier molecular flexibility index (Phi) is 4.16. The quantitative estimate of drug-likeness (QED) is 0.871. The summed E-state index contributed by atoms with van der Waals surface area (Å²) in [5, 5.41) is 8.79. The van der Waals surface area contributed by atoms with E-state index < -0.39 is 15.8 Å². The van der Waals surface area contributed by atoms with Crippen LogP contribution < -0.4 is 4.31 Å². The van der Waals surface area contributed by atoms with Crippen LogP contribution in [0.1, 0.15) is 5.56 Å². The van der Waals surface area contributed by atoms with Gasteiger partial charge in [0.05, 0.1) is 22.3 Å². The lowest BCUT2D eigenvalue weighted by Gasteiger charge is -2.20. The number of anilines is 1. The van der Waals surface area contributed by atoms with Gasteiger partial charge in [0, 0.05) is 7.05 Å². The maximum Gasteiger partial charge on any atom is 0.265 e. The fraction of sp³-hybridized carbons (Fsp3) is 0.0714. The first-order valence-electron chi connectivity index (χ1n) is 5.80. The molecular formula is C14H10ClFN2O2S. The van der Waals surface area contributed by atoms with Crippen LogP contribution in [0.3, 0.4) is 0 Å². The first-order chi connectivity index (χ1) is 9.86. The molecular weight excluding hydrogens is 315 g/mol. The Bertz CT molecular complexity index is 831. The number of rotatable bonds is 3. The molecule has 0 amide bonds. The fourth-order valence-electron chi connectivity index (χ4n) is 1.73. The van der Waals surface area contributed by atoms with E-state index in [9.17, 15) is 12.8 Å². The van der Waals surface area contributed by atoms with E-state index in [1.54, 1.807) is 12.1 Å². The van der Waals surface area contributed by atoms with Gasteiger partial charge in [-0.05, 0) is 36.4 Å². The highest BCUT2D eigenvalue weighted by atomic mass is 35.5. The van der Waals surface area contributed by atoms with Gasteiger partial charge in [0.25, 0.3) is 10.0 Å². The van der Waals surface area contributed by atoms with Gasteiger partial charge in [-0.3, -0.25) is 4.31 Å². The van der Waals surface area contributed by atoms with Crippen molar-refractivity contribution in [2.45, 2.75) is 4.90 Å². The molecule has 7 heteroatoms. The van der Waals surface area contributed by atoms with Crippen molar-refractivity contribution in [3.63, 3.8) is 0 Å². The minimum atomic E-state index is -4.02. The average molecular weight is 325 g/mol. The number of sulfonamides is 1. The third kappa shape index (κ3) is 2.99. The molecule has 0 spiro atoms. The summed E-state index contributed by atoms with van der Waals surface area (Å²) in [4.78, 5) is -0.325. The normalized spacial score (nSPS) is 11.0. The van der Waals surface area contributed by atoms with Crippen LogP contribution >= 0.6 is 11.6 Å². The number of nitriles is 1. The van der Waals surface area contributed by atoms with Crippen molar-refractivity contribution in [3.05, 3.63) is 58.9 Å². The van der Waals surface area contributed by atoms with Crippen molar-refractivity contribution in [2.75, 3.05) is 11.4 Å². The van der Waals surface area contributed by atoms with Crippen molar-refractivity contribution in [3.8, 4) is 6.07 Å². The van der Waals surface area contributed by atoms with Crippen molar-refractivity contribution >= 4 is 27.3 Å². The van der Waals surface area contributed by atoms with E-state index in [0.717, 1.165) is 16.4 Å². The van der Waals surface area contributed by atoms with Crippen LogP contribution in [0, 0.1) is 17.1 Å². The third-order valence-electron chi connectivity index (χ3n) is 2.87. The van der Waals surface area contributed by atoms with E-state index >= 15 is 0 Å². The maximum atomic E-state index is 13.3. The van der Waals surface area contributed by atoms with Gasteiger partial charge in [0.1, 0.15) is 10.7 Å². The second-order valence-electron chi connectivity index (χ2n) is 4.21. The molecule has 2 rings (SSSR count). The minimum absolute atomic E-state index is 0.0697. The van der Waals surface area contributed by atoms with Crippen molar-refractivity contribution in [2.24, 2.45) is 0 Å². The molecule has 21 heavy (non-hydrogen) atoms. The Balaban J connectivity index is 2.53. The summed E-state index contributed by atoms with van der Waals surface area (Å²) in [7, 11) is -2.71. The van der Waals surface area contributed by atoms with Gasteiger partial charge < -0.3 is 0 Å². The van der Waals surface area contributed by atoms with Crippen molar-refractivity contribution in [1.29, 1.82) is 5.26 Å². The molecule has 0 bridgehead atoms. The highest BCUT2D eigenvalue weighted by molar-refractivity contribution is 7.93. The smallest absolute Gasteiger partial charge is 0.265 e. The Hall–Kier alpha value is -2.10. The SMILES string of the molecule is CN(c1cccc(C#N)c1)S(=O)(=O)c1cc(F)ccc1Cl. The molecule has 0 aliphatic heterocycles. The monoisotopic (exact) mass is 324 g/mol. The molecule has 0 N–H and O–H groups in total. The summed E-state index contributed by atoms with van der Waals surface area (Å²) in [6.45, 7) is 0. The highest BCUT2D eigenvalue weighted by Gasteiger charge is 2.24. The number of hydrogen-bond donors (Lipinski definition) is 0. The highest BCUT2D eigenvalue weighted by Crippen LogP contribution is 2.28. The predicted octanol–water partition coefficient (Wildman–Crippen LogP) is 3.18. The number of benzene rings is 2. The standard InChI is InChI=1S/C14H10ClFN2O2S/c1-18(12-4-2-3-10(7-12)9-17)21(19,20)14-8-11(16)5-6-13(14)15/h2-8H,1H3. The lowest BCUT2D eigenvalue weighted by molar-refractivity contribution is 0.589. The Morgan fingerprint density at radius 1 is 1.24 bits per heavy atom. The van der Waals surface area contributed by atoms with Crippen molar-refractivity contribution in [1.82, 2.24) is 0 Å². The molecule has 0 fully saturated rings. The van der Waals surface area contributed by atoms with E-state index in [4.69, 9.17) is 16.9 Å². The van der Waals surface area contributed by atoms with Gasteiger partial charge in [0.2, 0.25) is 0 Å². The van der Waals surface area contributed by atoms with Gasteiger partial charge in [-0.15, -0.1) is 0 Å². The van der Waals surface area contributed by atoms with E-state index in [1.165, 1.54) is 25.2 Å². The molecule has 0 aliphatic rings. The molecule has 2 aromatic carbocycles. The molecule has 0 radical (unpaired) electrons. The summed E-state index contributed by atoms with van der Waals surface area (Å²) in [5.74, 6) is -0.697. The van der Waals surface area contributed by atoms with Gasteiger partial charge >= 0.3 is 0 Å². The lowest BCUT2D eigenvalue weighted by atomic mass is 10.2. The van der Waals surface area contributed by atoms with Gasteiger partial charge in [-0.1, -0.05) is 17.7 Å². The molecule has 0 aromatic heterocycles.